The average molecular weight is 251 g/mol. The highest BCUT2D eigenvalue weighted by Gasteiger charge is 2.17. The summed E-state index contributed by atoms with van der Waals surface area (Å²) < 4.78 is 0. The molecule has 2 nitrogen and oxygen atoms in total. The van der Waals surface area contributed by atoms with E-state index in [1.165, 1.54) is 32.1 Å². The SMILES string of the molecule is Cc1ccncc1C(O)CSC1CCCCC1. The van der Waals surface area contributed by atoms with Crippen LogP contribution >= 0.6 is 11.8 Å². The minimum absolute atomic E-state index is 0.365. The summed E-state index contributed by atoms with van der Waals surface area (Å²) in [6, 6.07) is 1.96. The Bertz CT molecular complexity index is 350. The largest absolute Gasteiger partial charge is 0.387 e. The van der Waals surface area contributed by atoms with Gasteiger partial charge in [0.2, 0.25) is 0 Å². The van der Waals surface area contributed by atoms with Crippen molar-refractivity contribution >= 4 is 11.8 Å². The normalized spacial score (nSPS) is 19.2. The monoisotopic (exact) mass is 251 g/mol. The fourth-order valence-electron chi connectivity index (χ4n) is 2.37. The Morgan fingerprint density at radius 2 is 2.18 bits per heavy atom. The Kier molecular flexibility index (Phi) is 4.86. The quantitative estimate of drug-likeness (QED) is 0.889. The highest BCUT2D eigenvalue weighted by Crippen LogP contribution is 2.31. The third-order valence-electron chi connectivity index (χ3n) is 3.48. The third kappa shape index (κ3) is 3.71. The van der Waals surface area contributed by atoms with Gasteiger partial charge in [-0.05, 0) is 31.4 Å². The van der Waals surface area contributed by atoms with E-state index in [9.17, 15) is 5.11 Å². The fourth-order valence-corrected chi connectivity index (χ4v) is 3.67. The van der Waals surface area contributed by atoms with Gasteiger partial charge in [-0.3, -0.25) is 4.98 Å². The summed E-state index contributed by atoms with van der Waals surface area (Å²) in [5.74, 6) is 0.803. The zero-order chi connectivity index (χ0) is 12.1. The lowest BCUT2D eigenvalue weighted by Crippen LogP contribution is -2.12. The first-order valence-electron chi connectivity index (χ1n) is 6.47. The number of hydrogen-bond donors (Lipinski definition) is 1. The molecule has 1 aromatic heterocycles. The summed E-state index contributed by atoms with van der Waals surface area (Å²) in [6.07, 6.45) is 9.96. The van der Waals surface area contributed by atoms with E-state index in [2.05, 4.69) is 4.98 Å². The number of hydrogen-bond acceptors (Lipinski definition) is 3. The molecule has 1 unspecified atom stereocenters. The van der Waals surface area contributed by atoms with Gasteiger partial charge >= 0.3 is 0 Å². The molecular formula is C14H21NOS. The van der Waals surface area contributed by atoms with Crippen LogP contribution in [0, 0.1) is 6.92 Å². The van der Waals surface area contributed by atoms with E-state index in [0.717, 1.165) is 22.1 Å². The molecule has 0 aliphatic heterocycles. The van der Waals surface area contributed by atoms with E-state index in [0.29, 0.717) is 0 Å². The van der Waals surface area contributed by atoms with Crippen LogP contribution in [0.5, 0.6) is 0 Å². The molecule has 0 bridgehead atoms. The molecule has 1 heterocycles. The zero-order valence-corrected chi connectivity index (χ0v) is 11.2. The Morgan fingerprint density at radius 3 is 2.88 bits per heavy atom. The Hall–Kier alpha value is -0.540. The summed E-state index contributed by atoms with van der Waals surface area (Å²) in [4.78, 5) is 4.09. The van der Waals surface area contributed by atoms with Crippen LogP contribution in [0.1, 0.15) is 49.3 Å². The van der Waals surface area contributed by atoms with Crippen LogP contribution in [0.25, 0.3) is 0 Å². The first kappa shape index (κ1) is 12.9. The van der Waals surface area contributed by atoms with E-state index in [1.807, 2.05) is 24.8 Å². The number of aromatic nitrogens is 1. The smallest absolute Gasteiger partial charge is 0.0897 e. The van der Waals surface area contributed by atoms with Crippen LogP contribution in [0.2, 0.25) is 0 Å². The predicted octanol–water partition coefficient (Wildman–Crippen LogP) is 3.49. The molecule has 1 fully saturated rings. The fraction of sp³-hybridized carbons (Fsp3) is 0.643. The van der Waals surface area contributed by atoms with Crippen molar-refractivity contribution in [3.63, 3.8) is 0 Å². The molecule has 1 atom stereocenters. The van der Waals surface area contributed by atoms with Gasteiger partial charge in [0.15, 0.2) is 0 Å². The van der Waals surface area contributed by atoms with Gasteiger partial charge in [-0.25, -0.2) is 0 Å². The first-order chi connectivity index (χ1) is 8.27. The lowest BCUT2D eigenvalue weighted by atomic mass is 10.0. The van der Waals surface area contributed by atoms with Crippen molar-refractivity contribution in [2.75, 3.05) is 5.75 Å². The highest BCUT2D eigenvalue weighted by molar-refractivity contribution is 7.99. The molecule has 1 saturated carbocycles. The van der Waals surface area contributed by atoms with Gasteiger partial charge in [-0.15, -0.1) is 0 Å². The van der Waals surface area contributed by atoms with E-state index in [-0.39, 0.29) is 6.10 Å². The predicted molar refractivity (Wildman–Crippen MR) is 73.3 cm³/mol. The standard InChI is InChI=1S/C14H21NOS/c1-11-7-8-15-9-13(11)14(16)10-17-12-5-3-2-4-6-12/h7-9,12,14,16H,2-6,10H2,1H3. The van der Waals surface area contributed by atoms with Crippen molar-refractivity contribution in [2.45, 2.75) is 50.4 Å². The molecule has 0 saturated heterocycles. The van der Waals surface area contributed by atoms with E-state index < -0.39 is 0 Å². The van der Waals surface area contributed by atoms with Gasteiger partial charge in [-0.2, -0.15) is 11.8 Å². The maximum Gasteiger partial charge on any atom is 0.0897 e. The molecule has 3 heteroatoms. The van der Waals surface area contributed by atoms with Crippen molar-refractivity contribution < 1.29 is 5.11 Å². The van der Waals surface area contributed by atoms with Crippen molar-refractivity contribution in [2.24, 2.45) is 0 Å². The maximum atomic E-state index is 10.2. The molecule has 2 rings (SSSR count). The summed E-state index contributed by atoms with van der Waals surface area (Å²) in [6.45, 7) is 2.03. The molecule has 1 aromatic rings. The highest BCUT2D eigenvalue weighted by atomic mass is 32.2. The second-order valence-corrected chi connectivity index (χ2v) is 6.17. The Labute approximate surface area is 108 Å². The van der Waals surface area contributed by atoms with Gasteiger partial charge in [0.1, 0.15) is 0 Å². The van der Waals surface area contributed by atoms with Crippen molar-refractivity contribution in [1.82, 2.24) is 4.98 Å². The molecule has 0 aromatic carbocycles. The van der Waals surface area contributed by atoms with Gasteiger partial charge < -0.3 is 5.11 Å². The van der Waals surface area contributed by atoms with Gasteiger partial charge in [-0.1, -0.05) is 19.3 Å². The number of nitrogens with zero attached hydrogens (tertiary/aromatic N) is 1. The van der Waals surface area contributed by atoms with Crippen LogP contribution < -0.4 is 0 Å². The second-order valence-electron chi connectivity index (χ2n) is 4.84. The summed E-state index contributed by atoms with van der Waals surface area (Å²) >= 11 is 1.93. The molecular weight excluding hydrogens is 230 g/mol. The lowest BCUT2D eigenvalue weighted by molar-refractivity contribution is 0.202. The molecule has 0 spiro atoms. The van der Waals surface area contributed by atoms with Gasteiger partial charge in [0.25, 0.3) is 0 Å². The summed E-state index contributed by atoms with van der Waals surface area (Å²) in [5, 5.41) is 10.9. The number of thioether (sulfide) groups is 1. The van der Waals surface area contributed by atoms with Gasteiger partial charge in [0, 0.05) is 29.0 Å². The first-order valence-corrected chi connectivity index (χ1v) is 7.52. The Morgan fingerprint density at radius 1 is 1.41 bits per heavy atom. The lowest BCUT2D eigenvalue weighted by Gasteiger charge is -2.22. The van der Waals surface area contributed by atoms with Crippen LogP contribution in [-0.2, 0) is 0 Å². The molecule has 1 aliphatic carbocycles. The van der Waals surface area contributed by atoms with Crippen LogP contribution in [-0.4, -0.2) is 21.1 Å². The maximum absolute atomic E-state index is 10.2. The average Bonchev–Trinajstić information content (AvgIpc) is 2.38. The zero-order valence-electron chi connectivity index (χ0n) is 10.4. The van der Waals surface area contributed by atoms with E-state index in [1.54, 1.807) is 12.4 Å². The second kappa shape index (κ2) is 6.41. The number of aryl methyl sites for hydroxylation is 1. The number of pyridine rings is 1. The van der Waals surface area contributed by atoms with Crippen LogP contribution in [0.4, 0.5) is 0 Å². The number of rotatable bonds is 4. The molecule has 94 valence electrons. The summed E-state index contributed by atoms with van der Waals surface area (Å²) in [5.41, 5.74) is 2.12. The molecule has 0 radical (unpaired) electrons. The van der Waals surface area contributed by atoms with Crippen LogP contribution in [0.15, 0.2) is 18.5 Å². The number of aliphatic hydroxyl groups excluding tert-OH is 1. The van der Waals surface area contributed by atoms with Crippen molar-refractivity contribution in [3.05, 3.63) is 29.6 Å². The van der Waals surface area contributed by atoms with Crippen molar-refractivity contribution in [3.8, 4) is 0 Å². The molecule has 1 aliphatic rings. The van der Waals surface area contributed by atoms with Crippen LogP contribution in [0.3, 0.4) is 0 Å². The van der Waals surface area contributed by atoms with Gasteiger partial charge in [0.05, 0.1) is 6.10 Å². The topological polar surface area (TPSA) is 33.1 Å². The Balaban J connectivity index is 1.84. The summed E-state index contributed by atoms with van der Waals surface area (Å²) in [7, 11) is 0. The van der Waals surface area contributed by atoms with E-state index in [4.69, 9.17) is 0 Å². The minimum Gasteiger partial charge on any atom is -0.387 e. The minimum atomic E-state index is -0.365. The third-order valence-corrected chi connectivity index (χ3v) is 4.93. The van der Waals surface area contributed by atoms with E-state index >= 15 is 0 Å². The van der Waals surface area contributed by atoms with Crippen molar-refractivity contribution in [1.29, 1.82) is 0 Å². The molecule has 1 N–H and O–H groups in total. The molecule has 17 heavy (non-hydrogen) atoms. The molecule has 0 amide bonds. The number of aliphatic hydroxyl groups is 1.